The number of hydrogen-bond donors (Lipinski definition) is 0. The van der Waals surface area contributed by atoms with Crippen LogP contribution in [0.3, 0.4) is 0 Å². The normalized spacial score (nSPS) is 10.5. The lowest BCUT2D eigenvalue weighted by Gasteiger charge is -1.97. The van der Waals surface area contributed by atoms with Crippen LogP contribution in [0.1, 0.15) is 18.6 Å². The Hall–Kier alpha value is -1.98. The number of aryl methyl sites for hydroxylation is 1. The van der Waals surface area contributed by atoms with Gasteiger partial charge in [0.15, 0.2) is 5.82 Å². The first-order valence-corrected chi connectivity index (χ1v) is 4.62. The number of aromatic nitrogens is 4. The number of nitrogens with zero attached hydrogens (tertiary/aromatic N) is 4. The van der Waals surface area contributed by atoms with Crippen molar-refractivity contribution in [2.45, 2.75) is 19.9 Å². The van der Waals surface area contributed by atoms with Gasteiger partial charge in [-0.3, -0.25) is 4.57 Å². The first-order valence-electron chi connectivity index (χ1n) is 4.62. The Bertz CT molecular complexity index is 503. The molecule has 0 spiro atoms. The Balaban J connectivity index is 2.22. The Morgan fingerprint density at radius 3 is 3.07 bits per heavy atom. The molecule has 0 N–H and O–H groups in total. The van der Waals surface area contributed by atoms with Gasteiger partial charge in [-0.25, -0.2) is 9.78 Å². The maximum absolute atomic E-state index is 11.3. The van der Waals surface area contributed by atoms with E-state index in [-0.39, 0.29) is 12.2 Å². The third-order valence-corrected chi connectivity index (χ3v) is 1.91. The van der Waals surface area contributed by atoms with Gasteiger partial charge in [-0.1, -0.05) is 12.1 Å². The van der Waals surface area contributed by atoms with Crippen molar-refractivity contribution in [3.8, 4) is 0 Å². The van der Waals surface area contributed by atoms with Crippen molar-refractivity contribution in [3.05, 3.63) is 40.7 Å². The van der Waals surface area contributed by atoms with E-state index < -0.39 is 0 Å². The van der Waals surface area contributed by atoms with E-state index >= 15 is 0 Å². The summed E-state index contributed by atoms with van der Waals surface area (Å²) in [5.41, 5.74) is -0.319. The van der Waals surface area contributed by atoms with E-state index in [9.17, 15) is 4.79 Å². The molecule has 0 saturated heterocycles. The minimum atomic E-state index is -0.319. The molecule has 2 rings (SSSR count). The molecule has 0 unspecified atom stereocenters. The van der Waals surface area contributed by atoms with Gasteiger partial charge in [-0.15, -0.1) is 0 Å². The molecule has 0 amide bonds. The van der Waals surface area contributed by atoms with Crippen LogP contribution >= 0.6 is 0 Å². The fourth-order valence-corrected chi connectivity index (χ4v) is 1.16. The zero-order valence-electron chi connectivity index (χ0n) is 8.25. The van der Waals surface area contributed by atoms with Gasteiger partial charge in [0.05, 0.1) is 6.54 Å². The Labute approximate surface area is 85.6 Å². The molecule has 0 saturated carbocycles. The lowest BCUT2D eigenvalue weighted by atomic mass is 10.5. The SMILES string of the molecule is CCc1nc(Cn2cccnc2=O)no1. The van der Waals surface area contributed by atoms with Crippen molar-refractivity contribution >= 4 is 0 Å². The van der Waals surface area contributed by atoms with Crippen LogP contribution in [0.5, 0.6) is 0 Å². The molecule has 2 heterocycles. The molecule has 0 radical (unpaired) electrons. The molecule has 0 aliphatic heterocycles. The van der Waals surface area contributed by atoms with Crippen LogP contribution < -0.4 is 5.69 Å². The van der Waals surface area contributed by atoms with Crippen molar-refractivity contribution in [1.29, 1.82) is 0 Å². The molecule has 15 heavy (non-hydrogen) atoms. The van der Waals surface area contributed by atoms with Crippen LogP contribution in [0.15, 0.2) is 27.8 Å². The highest BCUT2D eigenvalue weighted by molar-refractivity contribution is 4.90. The average molecular weight is 206 g/mol. The van der Waals surface area contributed by atoms with Crippen molar-refractivity contribution in [2.24, 2.45) is 0 Å². The summed E-state index contributed by atoms with van der Waals surface area (Å²) in [6.45, 7) is 2.21. The molecular weight excluding hydrogens is 196 g/mol. The van der Waals surface area contributed by atoms with Gasteiger partial charge in [-0.2, -0.15) is 4.98 Å². The molecule has 0 aromatic carbocycles. The Kier molecular flexibility index (Phi) is 2.57. The standard InChI is InChI=1S/C9H10N4O2/c1-2-8-11-7(12-15-8)6-13-5-3-4-10-9(13)14/h3-5H,2,6H2,1H3. The van der Waals surface area contributed by atoms with Gasteiger partial charge in [0, 0.05) is 18.8 Å². The molecule has 0 aliphatic rings. The number of hydrogen-bond acceptors (Lipinski definition) is 5. The largest absolute Gasteiger partial charge is 0.347 e. The fourth-order valence-electron chi connectivity index (χ4n) is 1.16. The molecule has 6 heteroatoms. The summed E-state index contributed by atoms with van der Waals surface area (Å²) in [6.07, 6.45) is 3.78. The van der Waals surface area contributed by atoms with E-state index in [4.69, 9.17) is 4.52 Å². The van der Waals surface area contributed by atoms with Gasteiger partial charge in [0.1, 0.15) is 0 Å². The van der Waals surface area contributed by atoms with E-state index in [0.717, 1.165) is 0 Å². The van der Waals surface area contributed by atoms with Crippen LogP contribution in [0.4, 0.5) is 0 Å². The van der Waals surface area contributed by atoms with Crippen LogP contribution in [0, 0.1) is 0 Å². The summed E-state index contributed by atoms with van der Waals surface area (Å²) >= 11 is 0. The smallest absolute Gasteiger partial charge is 0.339 e. The van der Waals surface area contributed by atoms with E-state index in [2.05, 4.69) is 15.1 Å². The summed E-state index contributed by atoms with van der Waals surface area (Å²) in [4.78, 5) is 19.0. The predicted molar refractivity (Wildman–Crippen MR) is 51.3 cm³/mol. The average Bonchev–Trinajstić information content (AvgIpc) is 2.69. The maximum Gasteiger partial charge on any atom is 0.347 e. The molecule has 78 valence electrons. The van der Waals surface area contributed by atoms with Gasteiger partial charge in [-0.05, 0) is 6.07 Å². The van der Waals surface area contributed by atoms with Gasteiger partial charge in [0.2, 0.25) is 5.89 Å². The minimum absolute atomic E-state index is 0.288. The van der Waals surface area contributed by atoms with Crippen molar-refractivity contribution in [2.75, 3.05) is 0 Å². The first-order chi connectivity index (χ1) is 7.29. The van der Waals surface area contributed by atoms with E-state index in [0.29, 0.717) is 18.1 Å². The maximum atomic E-state index is 11.3. The minimum Gasteiger partial charge on any atom is -0.339 e. The summed E-state index contributed by atoms with van der Waals surface area (Å²) in [5.74, 6) is 1.06. The van der Waals surface area contributed by atoms with E-state index in [1.165, 1.54) is 10.8 Å². The summed E-state index contributed by atoms with van der Waals surface area (Å²) in [6, 6.07) is 1.68. The zero-order valence-corrected chi connectivity index (χ0v) is 8.25. The molecule has 0 fully saturated rings. The second-order valence-corrected chi connectivity index (χ2v) is 2.99. The second kappa shape index (κ2) is 4.04. The fraction of sp³-hybridized carbons (Fsp3) is 0.333. The first kappa shape index (κ1) is 9.57. The zero-order chi connectivity index (χ0) is 10.7. The third-order valence-electron chi connectivity index (χ3n) is 1.91. The quantitative estimate of drug-likeness (QED) is 0.719. The molecule has 0 bridgehead atoms. The summed E-state index contributed by atoms with van der Waals surface area (Å²) in [5, 5.41) is 3.75. The van der Waals surface area contributed by atoms with Crippen LogP contribution in [0.25, 0.3) is 0 Å². The van der Waals surface area contributed by atoms with Crippen molar-refractivity contribution in [3.63, 3.8) is 0 Å². The van der Waals surface area contributed by atoms with Crippen LogP contribution in [-0.2, 0) is 13.0 Å². The topological polar surface area (TPSA) is 73.8 Å². The van der Waals surface area contributed by atoms with Crippen molar-refractivity contribution < 1.29 is 4.52 Å². The van der Waals surface area contributed by atoms with E-state index in [1.54, 1.807) is 12.3 Å². The molecule has 0 atom stereocenters. The van der Waals surface area contributed by atoms with E-state index in [1.807, 2.05) is 6.92 Å². The second-order valence-electron chi connectivity index (χ2n) is 2.99. The van der Waals surface area contributed by atoms with Gasteiger partial charge >= 0.3 is 5.69 Å². The van der Waals surface area contributed by atoms with Crippen LogP contribution in [-0.4, -0.2) is 19.7 Å². The monoisotopic (exact) mass is 206 g/mol. The van der Waals surface area contributed by atoms with Crippen molar-refractivity contribution in [1.82, 2.24) is 19.7 Å². The third kappa shape index (κ3) is 2.09. The highest BCUT2D eigenvalue weighted by Gasteiger charge is 2.05. The highest BCUT2D eigenvalue weighted by Crippen LogP contribution is 1.98. The lowest BCUT2D eigenvalue weighted by molar-refractivity contribution is 0.375. The lowest BCUT2D eigenvalue weighted by Crippen LogP contribution is -2.22. The molecule has 2 aromatic heterocycles. The van der Waals surface area contributed by atoms with Crippen LogP contribution in [0.2, 0.25) is 0 Å². The molecule has 2 aromatic rings. The predicted octanol–water partition coefficient (Wildman–Crippen LogP) is 0.237. The Morgan fingerprint density at radius 2 is 2.40 bits per heavy atom. The van der Waals surface area contributed by atoms with Gasteiger partial charge < -0.3 is 4.52 Å². The molecule has 0 aliphatic carbocycles. The molecule has 6 nitrogen and oxygen atoms in total. The summed E-state index contributed by atoms with van der Waals surface area (Å²) < 4.78 is 6.35. The molecular formula is C9H10N4O2. The number of rotatable bonds is 3. The van der Waals surface area contributed by atoms with Gasteiger partial charge in [0.25, 0.3) is 0 Å². The Morgan fingerprint density at radius 1 is 1.53 bits per heavy atom. The summed E-state index contributed by atoms with van der Waals surface area (Å²) in [7, 11) is 0. The highest BCUT2D eigenvalue weighted by atomic mass is 16.5.